The molecule has 6 nitrogen and oxygen atoms in total. The van der Waals surface area contributed by atoms with E-state index in [1.54, 1.807) is 0 Å². The summed E-state index contributed by atoms with van der Waals surface area (Å²) >= 11 is 0. The molecule has 0 bridgehead atoms. The number of para-hydroxylation sites is 1. The largest absolute Gasteiger partial charge is 0.491 e. The summed E-state index contributed by atoms with van der Waals surface area (Å²) in [5, 5.41) is 13.7. The third-order valence-electron chi connectivity index (χ3n) is 2.89. The Balaban J connectivity index is 2.35. The van der Waals surface area contributed by atoms with Crippen LogP contribution in [0.1, 0.15) is 24.5 Å². The average molecular weight is 294 g/mol. The first-order chi connectivity index (χ1) is 9.90. The molecule has 0 saturated carbocycles. The maximum Gasteiger partial charge on any atom is 0.315 e. The molecule has 0 aromatic heterocycles. The van der Waals surface area contributed by atoms with E-state index in [9.17, 15) is 9.59 Å². The van der Waals surface area contributed by atoms with Crippen LogP contribution in [0.3, 0.4) is 0 Å². The molecule has 2 amide bonds. The van der Waals surface area contributed by atoms with Crippen molar-refractivity contribution in [3.05, 3.63) is 29.3 Å². The van der Waals surface area contributed by atoms with Gasteiger partial charge in [-0.2, -0.15) is 0 Å². The summed E-state index contributed by atoms with van der Waals surface area (Å²) < 4.78 is 5.74. The van der Waals surface area contributed by atoms with Crippen LogP contribution in [0.2, 0.25) is 0 Å². The first-order valence-electron chi connectivity index (χ1n) is 6.85. The highest BCUT2D eigenvalue weighted by atomic mass is 16.5. The van der Waals surface area contributed by atoms with Gasteiger partial charge < -0.3 is 20.5 Å². The van der Waals surface area contributed by atoms with Gasteiger partial charge in [0, 0.05) is 6.54 Å². The fourth-order valence-electron chi connectivity index (χ4n) is 1.83. The Morgan fingerprint density at radius 3 is 2.48 bits per heavy atom. The van der Waals surface area contributed by atoms with E-state index in [1.165, 1.54) is 0 Å². The second-order valence-corrected chi connectivity index (χ2v) is 4.98. The van der Waals surface area contributed by atoms with Gasteiger partial charge in [0.05, 0.1) is 12.5 Å². The number of rotatable bonds is 7. The van der Waals surface area contributed by atoms with Crippen LogP contribution < -0.4 is 15.4 Å². The number of ether oxygens (including phenoxy) is 1. The molecule has 6 heteroatoms. The van der Waals surface area contributed by atoms with E-state index >= 15 is 0 Å². The Morgan fingerprint density at radius 2 is 1.90 bits per heavy atom. The van der Waals surface area contributed by atoms with Gasteiger partial charge >= 0.3 is 12.0 Å². The molecule has 1 aromatic rings. The molecule has 1 rings (SSSR count). The Bertz CT molecular complexity index is 482. The summed E-state index contributed by atoms with van der Waals surface area (Å²) in [7, 11) is 0. The summed E-state index contributed by atoms with van der Waals surface area (Å²) in [6.07, 6.45) is -0.0965. The summed E-state index contributed by atoms with van der Waals surface area (Å²) in [6, 6.07) is 5.33. The van der Waals surface area contributed by atoms with Crippen LogP contribution in [0, 0.1) is 13.8 Å². The lowest BCUT2D eigenvalue weighted by molar-refractivity contribution is -0.136. The molecule has 0 aliphatic heterocycles. The summed E-state index contributed by atoms with van der Waals surface area (Å²) in [6.45, 7) is 6.21. The Kier molecular flexibility index (Phi) is 6.52. The first kappa shape index (κ1) is 16.8. The van der Waals surface area contributed by atoms with Crippen LogP contribution in [0.25, 0.3) is 0 Å². The minimum Gasteiger partial charge on any atom is -0.491 e. The number of carbonyl (C=O) groups is 2. The Labute approximate surface area is 124 Å². The number of carboxylic acids is 1. The summed E-state index contributed by atoms with van der Waals surface area (Å²) in [5.74, 6) is -0.112. The standard InChI is InChI=1S/C15H22N2O4/c1-10-5-4-6-11(2)14(10)21-9-12(3)17-15(20)16-8-7-13(18)19/h4-6,12H,7-9H2,1-3H3,(H,18,19)(H2,16,17,20). The molecule has 116 valence electrons. The highest BCUT2D eigenvalue weighted by molar-refractivity contribution is 5.75. The number of benzene rings is 1. The van der Waals surface area contributed by atoms with Gasteiger partial charge in [0.25, 0.3) is 0 Å². The number of nitrogens with one attached hydrogen (secondary N) is 2. The van der Waals surface area contributed by atoms with E-state index in [4.69, 9.17) is 9.84 Å². The molecule has 1 unspecified atom stereocenters. The number of hydrogen-bond donors (Lipinski definition) is 3. The Morgan fingerprint density at radius 1 is 1.29 bits per heavy atom. The van der Waals surface area contributed by atoms with Crippen molar-refractivity contribution in [1.82, 2.24) is 10.6 Å². The lowest BCUT2D eigenvalue weighted by atomic mass is 10.1. The van der Waals surface area contributed by atoms with Gasteiger partial charge in [-0.3, -0.25) is 4.79 Å². The molecule has 3 N–H and O–H groups in total. The number of carbonyl (C=O) groups excluding carboxylic acids is 1. The predicted octanol–water partition coefficient (Wildman–Crippen LogP) is 1.84. The highest BCUT2D eigenvalue weighted by Crippen LogP contribution is 2.22. The van der Waals surface area contributed by atoms with Crippen LogP contribution >= 0.6 is 0 Å². The van der Waals surface area contributed by atoms with Gasteiger partial charge in [-0.1, -0.05) is 18.2 Å². The monoisotopic (exact) mass is 294 g/mol. The van der Waals surface area contributed by atoms with E-state index in [0.29, 0.717) is 6.61 Å². The van der Waals surface area contributed by atoms with Crippen molar-refractivity contribution in [1.29, 1.82) is 0 Å². The topological polar surface area (TPSA) is 87.7 Å². The lowest BCUT2D eigenvalue weighted by Crippen LogP contribution is -2.43. The summed E-state index contributed by atoms with van der Waals surface area (Å²) in [5.41, 5.74) is 2.10. The van der Waals surface area contributed by atoms with E-state index in [-0.39, 0.29) is 19.0 Å². The zero-order chi connectivity index (χ0) is 15.8. The fourth-order valence-corrected chi connectivity index (χ4v) is 1.83. The van der Waals surface area contributed by atoms with Crippen LogP contribution in [-0.2, 0) is 4.79 Å². The molecule has 0 heterocycles. The minimum absolute atomic E-state index is 0.0965. The second-order valence-electron chi connectivity index (χ2n) is 4.98. The van der Waals surface area contributed by atoms with Crippen molar-refractivity contribution < 1.29 is 19.4 Å². The van der Waals surface area contributed by atoms with E-state index in [1.807, 2.05) is 39.0 Å². The normalized spacial score (nSPS) is 11.6. The molecule has 0 fully saturated rings. The van der Waals surface area contributed by atoms with Gasteiger partial charge in [-0.25, -0.2) is 4.79 Å². The van der Waals surface area contributed by atoms with Crippen molar-refractivity contribution in [3.8, 4) is 5.75 Å². The molecule has 21 heavy (non-hydrogen) atoms. The van der Waals surface area contributed by atoms with Gasteiger partial charge in [-0.15, -0.1) is 0 Å². The molecular weight excluding hydrogens is 272 g/mol. The number of urea groups is 1. The molecule has 0 saturated heterocycles. The van der Waals surface area contributed by atoms with Crippen LogP contribution in [0.15, 0.2) is 18.2 Å². The molecule has 1 aromatic carbocycles. The Hall–Kier alpha value is -2.24. The molecule has 0 radical (unpaired) electrons. The quantitative estimate of drug-likeness (QED) is 0.716. The van der Waals surface area contributed by atoms with Crippen molar-refractivity contribution in [3.63, 3.8) is 0 Å². The third kappa shape index (κ3) is 6.16. The molecule has 0 spiro atoms. The van der Waals surface area contributed by atoms with Gasteiger partial charge in [-0.05, 0) is 31.9 Å². The molecular formula is C15H22N2O4. The van der Waals surface area contributed by atoms with E-state index in [2.05, 4.69) is 10.6 Å². The van der Waals surface area contributed by atoms with E-state index in [0.717, 1.165) is 16.9 Å². The van der Waals surface area contributed by atoms with Crippen molar-refractivity contribution in [2.45, 2.75) is 33.2 Å². The zero-order valence-electron chi connectivity index (χ0n) is 12.6. The maximum atomic E-state index is 11.5. The van der Waals surface area contributed by atoms with Gasteiger partial charge in [0.15, 0.2) is 0 Å². The number of aliphatic carboxylic acids is 1. The van der Waals surface area contributed by atoms with Crippen molar-refractivity contribution in [2.24, 2.45) is 0 Å². The SMILES string of the molecule is Cc1cccc(C)c1OCC(C)NC(=O)NCCC(=O)O. The average Bonchev–Trinajstić information content (AvgIpc) is 2.37. The number of amides is 2. The molecule has 1 atom stereocenters. The molecule has 0 aliphatic rings. The van der Waals surface area contributed by atoms with Crippen molar-refractivity contribution in [2.75, 3.05) is 13.2 Å². The van der Waals surface area contributed by atoms with Crippen LogP contribution in [0.5, 0.6) is 5.75 Å². The first-order valence-corrected chi connectivity index (χ1v) is 6.85. The second kappa shape index (κ2) is 8.14. The van der Waals surface area contributed by atoms with Gasteiger partial charge in [0.2, 0.25) is 0 Å². The fraction of sp³-hybridized carbons (Fsp3) is 0.467. The van der Waals surface area contributed by atoms with Crippen molar-refractivity contribution >= 4 is 12.0 Å². The third-order valence-corrected chi connectivity index (χ3v) is 2.89. The lowest BCUT2D eigenvalue weighted by Gasteiger charge is -2.17. The maximum absolute atomic E-state index is 11.5. The predicted molar refractivity (Wildman–Crippen MR) is 79.7 cm³/mol. The summed E-state index contributed by atoms with van der Waals surface area (Å²) in [4.78, 5) is 21.8. The van der Waals surface area contributed by atoms with Crippen LogP contribution in [-0.4, -0.2) is 36.3 Å². The number of carboxylic acid groups (broad SMARTS) is 1. The molecule has 0 aliphatic carbocycles. The van der Waals surface area contributed by atoms with Crippen LogP contribution in [0.4, 0.5) is 4.79 Å². The van der Waals surface area contributed by atoms with Gasteiger partial charge in [0.1, 0.15) is 12.4 Å². The number of aryl methyl sites for hydroxylation is 2. The smallest absolute Gasteiger partial charge is 0.315 e. The van der Waals surface area contributed by atoms with E-state index < -0.39 is 12.0 Å². The zero-order valence-corrected chi connectivity index (χ0v) is 12.6. The minimum atomic E-state index is -0.943. The highest BCUT2D eigenvalue weighted by Gasteiger charge is 2.10. The number of hydrogen-bond acceptors (Lipinski definition) is 3.